The monoisotopic (exact) mass is 373 g/mol. The van der Waals surface area contributed by atoms with Crippen LogP contribution in [0.2, 0.25) is 0 Å². The maximum atomic E-state index is 9.59. The molecule has 2 atom stereocenters. The average molecular weight is 373 g/mol. The third-order valence-electron chi connectivity index (χ3n) is 5.19. The highest BCUT2D eigenvalue weighted by Gasteiger charge is 2.42. The Bertz CT molecular complexity index is 1030. The number of hydrogen-bond donors (Lipinski definition) is 1. The summed E-state index contributed by atoms with van der Waals surface area (Å²) >= 11 is 0. The van der Waals surface area contributed by atoms with Gasteiger partial charge in [-0.3, -0.25) is 4.98 Å². The minimum absolute atomic E-state index is 0.0424. The summed E-state index contributed by atoms with van der Waals surface area (Å²) in [7, 11) is 1.65. The SMILES string of the molecule is COc1cccc2c1O[C@H](c1ccncc1)N1N=C(c3ccc(O)cc3)C[C@H]21. The molecule has 0 radical (unpaired) electrons. The molecule has 0 saturated carbocycles. The zero-order valence-corrected chi connectivity index (χ0v) is 15.3. The lowest BCUT2D eigenvalue weighted by Crippen LogP contribution is -2.33. The molecule has 0 saturated heterocycles. The topological polar surface area (TPSA) is 67.2 Å². The number of ether oxygens (including phenoxy) is 2. The van der Waals surface area contributed by atoms with Gasteiger partial charge in [-0.15, -0.1) is 0 Å². The van der Waals surface area contributed by atoms with Crippen molar-refractivity contribution in [1.82, 2.24) is 9.99 Å². The molecule has 1 N–H and O–H groups in total. The molecule has 2 aliphatic rings. The second kappa shape index (κ2) is 6.56. The molecule has 2 aromatic carbocycles. The number of nitrogens with zero attached hydrogens (tertiary/aromatic N) is 3. The first kappa shape index (κ1) is 16.6. The maximum absolute atomic E-state index is 9.59. The summed E-state index contributed by atoms with van der Waals surface area (Å²) in [5.74, 6) is 1.72. The lowest BCUT2D eigenvalue weighted by Gasteiger charge is -2.38. The Hall–Kier alpha value is -3.54. The number of methoxy groups -OCH3 is 1. The highest BCUT2D eigenvalue weighted by atomic mass is 16.5. The van der Waals surface area contributed by atoms with Gasteiger partial charge in [0.2, 0.25) is 6.23 Å². The number of benzene rings is 2. The number of aromatic hydroxyl groups is 1. The largest absolute Gasteiger partial charge is 0.508 e. The Morgan fingerprint density at radius 3 is 2.61 bits per heavy atom. The lowest BCUT2D eigenvalue weighted by atomic mass is 9.95. The van der Waals surface area contributed by atoms with E-state index in [0.717, 1.165) is 34.6 Å². The van der Waals surface area contributed by atoms with Gasteiger partial charge in [0.25, 0.3) is 0 Å². The quantitative estimate of drug-likeness (QED) is 0.751. The molecule has 1 aromatic heterocycles. The molecular formula is C22H19N3O3. The van der Waals surface area contributed by atoms with Crippen LogP contribution in [0.4, 0.5) is 0 Å². The number of hydrazone groups is 1. The van der Waals surface area contributed by atoms with Gasteiger partial charge >= 0.3 is 0 Å². The Morgan fingerprint density at radius 1 is 1.07 bits per heavy atom. The van der Waals surface area contributed by atoms with Gasteiger partial charge in [0.1, 0.15) is 5.75 Å². The molecule has 6 nitrogen and oxygen atoms in total. The summed E-state index contributed by atoms with van der Waals surface area (Å²) in [5, 5.41) is 16.5. The summed E-state index contributed by atoms with van der Waals surface area (Å²) in [6, 6.07) is 17.0. The maximum Gasteiger partial charge on any atom is 0.214 e. The zero-order valence-electron chi connectivity index (χ0n) is 15.3. The fraction of sp³-hybridized carbons (Fsp3) is 0.182. The van der Waals surface area contributed by atoms with Gasteiger partial charge in [0, 0.05) is 29.9 Å². The van der Waals surface area contributed by atoms with Crippen molar-refractivity contribution in [1.29, 1.82) is 0 Å². The van der Waals surface area contributed by atoms with Crippen molar-refractivity contribution < 1.29 is 14.6 Å². The molecule has 0 fully saturated rings. The predicted octanol–water partition coefficient (Wildman–Crippen LogP) is 4.04. The second-order valence-electron chi connectivity index (χ2n) is 6.82. The summed E-state index contributed by atoms with van der Waals surface area (Å²) in [6.07, 6.45) is 3.89. The third-order valence-corrected chi connectivity index (χ3v) is 5.19. The Labute approximate surface area is 162 Å². The van der Waals surface area contributed by atoms with Gasteiger partial charge in [0.05, 0.1) is 18.9 Å². The first-order valence-corrected chi connectivity index (χ1v) is 9.13. The van der Waals surface area contributed by atoms with Crippen LogP contribution >= 0.6 is 0 Å². The molecule has 3 heterocycles. The fourth-order valence-electron chi connectivity index (χ4n) is 3.82. The van der Waals surface area contributed by atoms with Gasteiger partial charge in [-0.1, -0.05) is 12.1 Å². The molecular weight excluding hydrogens is 354 g/mol. The number of phenols is 1. The van der Waals surface area contributed by atoms with E-state index in [4.69, 9.17) is 14.6 Å². The Balaban J connectivity index is 1.61. The van der Waals surface area contributed by atoms with E-state index in [-0.39, 0.29) is 18.0 Å². The standard InChI is InChI=1S/C22H19N3O3/c1-27-20-4-2-3-17-19-13-18(14-5-7-16(26)8-6-14)24-25(19)22(28-21(17)20)15-9-11-23-12-10-15/h2-12,19,22,26H,13H2,1H3/t19-,22-/m1/s1. The van der Waals surface area contributed by atoms with Crippen LogP contribution in [-0.2, 0) is 0 Å². The van der Waals surface area contributed by atoms with Crippen molar-refractivity contribution in [3.05, 3.63) is 83.7 Å². The first-order valence-electron chi connectivity index (χ1n) is 9.13. The van der Waals surface area contributed by atoms with Crippen LogP contribution in [-0.4, -0.2) is 27.9 Å². The van der Waals surface area contributed by atoms with Crippen molar-refractivity contribution in [2.75, 3.05) is 7.11 Å². The fourth-order valence-corrected chi connectivity index (χ4v) is 3.82. The van der Waals surface area contributed by atoms with Gasteiger partial charge in [-0.05, 0) is 48.0 Å². The molecule has 28 heavy (non-hydrogen) atoms. The summed E-state index contributed by atoms with van der Waals surface area (Å²) < 4.78 is 11.9. The average Bonchev–Trinajstić information content (AvgIpc) is 3.19. The Kier molecular flexibility index (Phi) is 3.90. The van der Waals surface area contributed by atoms with E-state index in [1.807, 2.05) is 41.4 Å². The Morgan fingerprint density at radius 2 is 1.86 bits per heavy atom. The summed E-state index contributed by atoms with van der Waals surface area (Å²) in [6.45, 7) is 0. The van der Waals surface area contributed by atoms with Gasteiger partial charge in [0.15, 0.2) is 11.5 Å². The molecule has 6 heteroatoms. The minimum Gasteiger partial charge on any atom is -0.508 e. The number of rotatable bonds is 3. The molecule has 0 unspecified atom stereocenters. The molecule has 0 spiro atoms. The van der Waals surface area contributed by atoms with E-state index in [1.54, 1.807) is 31.6 Å². The van der Waals surface area contributed by atoms with E-state index >= 15 is 0 Å². The number of para-hydroxylation sites is 1. The van der Waals surface area contributed by atoms with E-state index in [1.165, 1.54) is 0 Å². The van der Waals surface area contributed by atoms with Crippen molar-refractivity contribution >= 4 is 5.71 Å². The van der Waals surface area contributed by atoms with Crippen LogP contribution in [0.3, 0.4) is 0 Å². The molecule has 5 rings (SSSR count). The summed E-state index contributed by atoms with van der Waals surface area (Å²) in [5.41, 5.74) is 3.99. The van der Waals surface area contributed by atoms with Gasteiger partial charge in [-0.25, -0.2) is 5.01 Å². The predicted molar refractivity (Wildman–Crippen MR) is 104 cm³/mol. The highest BCUT2D eigenvalue weighted by Crippen LogP contribution is 2.50. The van der Waals surface area contributed by atoms with Crippen LogP contribution in [0.1, 0.15) is 35.4 Å². The smallest absolute Gasteiger partial charge is 0.214 e. The van der Waals surface area contributed by atoms with Crippen LogP contribution in [0, 0.1) is 0 Å². The highest BCUT2D eigenvalue weighted by molar-refractivity contribution is 6.02. The van der Waals surface area contributed by atoms with Crippen LogP contribution in [0.25, 0.3) is 0 Å². The molecule has 2 aliphatic heterocycles. The normalized spacial score (nSPS) is 20.0. The molecule has 0 amide bonds. The summed E-state index contributed by atoms with van der Waals surface area (Å²) in [4.78, 5) is 4.12. The second-order valence-corrected chi connectivity index (χ2v) is 6.82. The van der Waals surface area contributed by atoms with Crippen molar-refractivity contribution in [3.8, 4) is 17.2 Å². The number of hydrogen-bond acceptors (Lipinski definition) is 6. The number of fused-ring (bicyclic) bond motifs is 3. The number of aromatic nitrogens is 1. The van der Waals surface area contributed by atoms with Crippen LogP contribution in [0.15, 0.2) is 72.1 Å². The first-order chi connectivity index (χ1) is 13.7. The number of pyridine rings is 1. The molecule has 3 aromatic rings. The molecule has 0 aliphatic carbocycles. The third kappa shape index (κ3) is 2.65. The zero-order chi connectivity index (χ0) is 19.1. The molecule has 140 valence electrons. The van der Waals surface area contributed by atoms with E-state index < -0.39 is 0 Å². The van der Waals surface area contributed by atoms with Gasteiger partial charge < -0.3 is 14.6 Å². The van der Waals surface area contributed by atoms with Crippen LogP contribution in [0.5, 0.6) is 17.2 Å². The van der Waals surface area contributed by atoms with Crippen LogP contribution < -0.4 is 9.47 Å². The van der Waals surface area contributed by atoms with Crippen molar-refractivity contribution in [3.63, 3.8) is 0 Å². The van der Waals surface area contributed by atoms with E-state index in [2.05, 4.69) is 11.1 Å². The van der Waals surface area contributed by atoms with Crippen molar-refractivity contribution in [2.45, 2.75) is 18.7 Å². The van der Waals surface area contributed by atoms with Gasteiger partial charge in [-0.2, -0.15) is 5.10 Å². The minimum atomic E-state index is -0.369. The number of phenolic OH excluding ortho intramolecular Hbond substituents is 1. The van der Waals surface area contributed by atoms with E-state index in [9.17, 15) is 5.11 Å². The van der Waals surface area contributed by atoms with E-state index in [0.29, 0.717) is 5.75 Å². The van der Waals surface area contributed by atoms with Crippen molar-refractivity contribution in [2.24, 2.45) is 5.10 Å². The molecule has 0 bridgehead atoms. The lowest BCUT2D eigenvalue weighted by molar-refractivity contribution is -0.0209.